The average molecular weight is 289 g/mol. The first kappa shape index (κ1) is 13.1. The SMILES string of the molecule is O=C(O[C@H]1CCNC1)n1nccc1/C=C/c1cccs1. The van der Waals surface area contributed by atoms with E-state index in [4.69, 9.17) is 4.74 Å². The van der Waals surface area contributed by atoms with Crippen molar-refractivity contribution in [3.63, 3.8) is 0 Å². The Morgan fingerprint density at radius 3 is 3.20 bits per heavy atom. The molecule has 1 fully saturated rings. The van der Waals surface area contributed by atoms with E-state index >= 15 is 0 Å². The zero-order chi connectivity index (χ0) is 13.8. The van der Waals surface area contributed by atoms with Gasteiger partial charge in [-0.15, -0.1) is 11.3 Å². The summed E-state index contributed by atoms with van der Waals surface area (Å²) in [7, 11) is 0. The van der Waals surface area contributed by atoms with E-state index in [2.05, 4.69) is 10.4 Å². The molecule has 3 rings (SSSR count). The summed E-state index contributed by atoms with van der Waals surface area (Å²) < 4.78 is 6.70. The molecular weight excluding hydrogens is 274 g/mol. The van der Waals surface area contributed by atoms with Gasteiger partial charge in [0.05, 0.1) is 11.9 Å². The number of nitrogens with zero attached hydrogens (tertiary/aromatic N) is 2. The minimum Gasteiger partial charge on any atom is -0.443 e. The van der Waals surface area contributed by atoms with Gasteiger partial charge in [-0.05, 0) is 42.6 Å². The number of ether oxygens (including phenoxy) is 1. The van der Waals surface area contributed by atoms with Crippen LogP contribution in [0.2, 0.25) is 0 Å². The van der Waals surface area contributed by atoms with E-state index in [1.54, 1.807) is 23.6 Å². The van der Waals surface area contributed by atoms with Gasteiger partial charge in [-0.1, -0.05) is 6.07 Å². The Labute approximate surface area is 120 Å². The molecule has 5 nitrogen and oxygen atoms in total. The van der Waals surface area contributed by atoms with E-state index in [9.17, 15) is 4.79 Å². The predicted octanol–water partition coefficient (Wildman–Crippen LogP) is 2.46. The third-order valence-corrected chi connectivity index (χ3v) is 3.93. The Bertz CT molecular complexity index is 598. The van der Waals surface area contributed by atoms with Gasteiger partial charge in [-0.3, -0.25) is 0 Å². The molecule has 1 saturated heterocycles. The zero-order valence-corrected chi connectivity index (χ0v) is 11.7. The molecule has 0 spiro atoms. The van der Waals surface area contributed by atoms with Crippen LogP contribution in [-0.4, -0.2) is 35.1 Å². The molecule has 0 radical (unpaired) electrons. The largest absolute Gasteiger partial charge is 0.443 e. The minimum atomic E-state index is -0.422. The Balaban J connectivity index is 1.70. The van der Waals surface area contributed by atoms with Crippen LogP contribution in [0.1, 0.15) is 17.0 Å². The van der Waals surface area contributed by atoms with Crippen LogP contribution in [0.25, 0.3) is 12.2 Å². The van der Waals surface area contributed by atoms with E-state index in [0.717, 1.165) is 17.8 Å². The third kappa shape index (κ3) is 2.97. The Hall–Kier alpha value is -1.92. The number of hydrogen-bond acceptors (Lipinski definition) is 5. The van der Waals surface area contributed by atoms with E-state index in [-0.39, 0.29) is 6.10 Å². The van der Waals surface area contributed by atoms with Gasteiger partial charge >= 0.3 is 6.09 Å². The molecule has 0 unspecified atom stereocenters. The standard InChI is InChI=1S/C14H15N3O2S/c18-14(19-12-6-7-15-10-12)17-11(5-8-16-17)3-4-13-2-1-9-20-13/h1-5,8-9,12,15H,6-7,10H2/b4-3+/t12-/m0/s1. The average Bonchev–Trinajstić information content (AvgIpc) is 3.18. The number of thiophene rings is 1. The van der Waals surface area contributed by atoms with Crippen LogP contribution in [0.3, 0.4) is 0 Å². The lowest BCUT2D eigenvalue weighted by Gasteiger charge is -2.10. The van der Waals surface area contributed by atoms with Gasteiger partial charge in [0.2, 0.25) is 0 Å². The van der Waals surface area contributed by atoms with Crippen LogP contribution in [-0.2, 0) is 4.74 Å². The van der Waals surface area contributed by atoms with Gasteiger partial charge in [0.15, 0.2) is 0 Å². The molecule has 6 heteroatoms. The van der Waals surface area contributed by atoms with Crippen molar-refractivity contribution < 1.29 is 9.53 Å². The minimum absolute atomic E-state index is 0.0548. The van der Waals surface area contributed by atoms with E-state index in [1.165, 1.54) is 4.68 Å². The summed E-state index contributed by atoms with van der Waals surface area (Å²) in [5.74, 6) is 0. The Morgan fingerprint density at radius 2 is 2.45 bits per heavy atom. The van der Waals surface area contributed by atoms with Crippen LogP contribution < -0.4 is 5.32 Å². The first-order chi connectivity index (χ1) is 9.83. The van der Waals surface area contributed by atoms with E-state index in [1.807, 2.05) is 29.7 Å². The summed E-state index contributed by atoms with van der Waals surface area (Å²) >= 11 is 1.64. The smallest absolute Gasteiger partial charge is 0.435 e. The van der Waals surface area contributed by atoms with Crippen molar-refractivity contribution in [3.8, 4) is 0 Å². The molecule has 2 aromatic heterocycles. The van der Waals surface area contributed by atoms with Crippen molar-refractivity contribution in [3.05, 3.63) is 40.3 Å². The van der Waals surface area contributed by atoms with E-state index < -0.39 is 6.09 Å². The number of hydrogen-bond donors (Lipinski definition) is 1. The number of rotatable bonds is 3. The maximum absolute atomic E-state index is 12.1. The summed E-state index contributed by atoms with van der Waals surface area (Å²) in [6.45, 7) is 1.61. The summed E-state index contributed by atoms with van der Waals surface area (Å²) in [6, 6.07) is 5.80. The lowest BCUT2D eigenvalue weighted by Crippen LogP contribution is -2.25. The molecule has 20 heavy (non-hydrogen) atoms. The van der Waals surface area contributed by atoms with Crippen LogP contribution in [0.5, 0.6) is 0 Å². The molecule has 2 aromatic rings. The molecule has 0 saturated carbocycles. The summed E-state index contributed by atoms with van der Waals surface area (Å²) in [5.41, 5.74) is 0.717. The van der Waals surface area contributed by atoms with E-state index in [0.29, 0.717) is 12.2 Å². The molecule has 3 heterocycles. The monoisotopic (exact) mass is 289 g/mol. The maximum atomic E-state index is 12.1. The van der Waals surface area contributed by atoms with Crippen molar-refractivity contribution in [2.75, 3.05) is 13.1 Å². The highest BCUT2D eigenvalue weighted by Gasteiger charge is 2.20. The number of carbonyl (C=O) groups is 1. The van der Waals surface area contributed by atoms with Crippen LogP contribution in [0.15, 0.2) is 29.8 Å². The fourth-order valence-electron chi connectivity index (χ4n) is 2.07. The van der Waals surface area contributed by atoms with Crippen molar-refractivity contribution in [1.29, 1.82) is 0 Å². The number of nitrogens with one attached hydrogen (secondary N) is 1. The topological polar surface area (TPSA) is 56.1 Å². The number of aromatic nitrogens is 2. The predicted molar refractivity (Wildman–Crippen MR) is 78.6 cm³/mol. The van der Waals surface area contributed by atoms with Crippen LogP contribution >= 0.6 is 11.3 Å². The highest BCUT2D eigenvalue weighted by molar-refractivity contribution is 7.10. The van der Waals surface area contributed by atoms with Crippen molar-refractivity contribution in [2.45, 2.75) is 12.5 Å². The molecule has 0 aliphatic carbocycles. The van der Waals surface area contributed by atoms with Gasteiger partial charge in [0.25, 0.3) is 0 Å². The highest BCUT2D eigenvalue weighted by Crippen LogP contribution is 2.14. The molecular formula is C14H15N3O2S. The van der Waals surface area contributed by atoms with Crippen molar-refractivity contribution in [2.24, 2.45) is 0 Å². The first-order valence-corrected chi connectivity index (χ1v) is 7.38. The third-order valence-electron chi connectivity index (χ3n) is 3.09. The Kier molecular flexibility index (Phi) is 3.94. The number of carbonyl (C=O) groups excluding carboxylic acids is 1. The molecule has 104 valence electrons. The lowest BCUT2D eigenvalue weighted by atomic mass is 10.3. The highest BCUT2D eigenvalue weighted by atomic mass is 32.1. The molecule has 0 bridgehead atoms. The summed E-state index contributed by atoms with van der Waals surface area (Å²) in [5, 5.41) is 9.21. The molecule has 1 atom stereocenters. The quantitative estimate of drug-likeness (QED) is 0.943. The van der Waals surface area contributed by atoms with Gasteiger partial charge < -0.3 is 10.1 Å². The zero-order valence-electron chi connectivity index (χ0n) is 10.9. The fourth-order valence-corrected chi connectivity index (χ4v) is 2.69. The molecule has 1 aliphatic heterocycles. The van der Waals surface area contributed by atoms with Crippen molar-refractivity contribution in [1.82, 2.24) is 15.1 Å². The Morgan fingerprint density at radius 1 is 1.50 bits per heavy atom. The van der Waals surface area contributed by atoms with Gasteiger partial charge in [0.1, 0.15) is 6.10 Å². The van der Waals surface area contributed by atoms with Crippen LogP contribution in [0, 0.1) is 0 Å². The molecule has 1 aliphatic rings. The maximum Gasteiger partial charge on any atom is 0.435 e. The van der Waals surface area contributed by atoms with Crippen LogP contribution in [0.4, 0.5) is 4.79 Å². The normalized spacial score (nSPS) is 18.7. The summed E-state index contributed by atoms with van der Waals surface area (Å²) in [4.78, 5) is 13.2. The second-order valence-electron chi connectivity index (χ2n) is 4.52. The van der Waals surface area contributed by atoms with Crippen molar-refractivity contribution >= 4 is 29.6 Å². The molecule has 1 N–H and O–H groups in total. The molecule has 0 aromatic carbocycles. The summed E-state index contributed by atoms with van der Waals surface area (Å²) in [6.07, 6.45) is 5.81. The fraction of sp³-hybridized carbons (Fsp3) is 0.286. The lowest BCUT2D eigenvalue weighted by molar-refractivity contribution is 0.105. The van der Waals surface area contributed by atoms with Gasteiger partial charge in [0, 0.05) is 11.4 Å². The van der Waals surface area contributed by atoms with Gasteiger partial charge in [-0.25, -0.2) is 4.79 Å². The second-order valence-corrected chi connectivity index (χ2v) is 5.49. The molecule has 0 amide bonds. The van der Waals surface area contributed by atoms with Gasteiger partial charge in [-0.2, -0.15) is 9.78 Å². The second kappa shape index (κ2) is 6.02. The first-order valence-electron chi connectivity index (χ1n) is 6.50.